The molecule has 8 heteroatoms. The van der Waals surface area contributed by atoms with E-state index in [1.807, 2.05) is 35.4 Å². The van der Waals surface area contributed by atoms with Gasteiger partial charge in [0.2, 0.25) is 5.91 Å². The van der Waals surface area contributed by atoms with E-state index < -0.39 is 0 Å². The van der Waals surface area contributed by atoms with E-state index in [0.29, 0.717) is 31.1 Å². The molecule has 6 nitrogen and oxygen atoms in total. The van der Waals surface area contributed by atoms with Gasteiger partial charge in [0.15, 0.2) is 5.96 Å². The maximum atomic E-state index is 12.6. The van der Waals surface area contributed by atoms with Crippen molar-refractivity contribution in [1.29, 1.82) is 0 Å². The third-order valence-corrected chi connectivity index (χ3v) is 5.68. The van der Waals surface area contributed by atoms with Crippen molar-refractivity contribution in [3.05, 3.63) is 50.9 Å². The van der Waals surface area contributed by atoms with Gasteiger partial charge in [-0.15, -0.1) is 11.3 Å². The summed E-state index contributed by atoms with van der Waals surface area (Å²) in [5, 5.41) is 5.03. The molecule has 2 aromatic rings. The van der Waals surface area contributed by atoms with Crippen LogP contribution in [-0.2, 0) is 17.8 Å². The molecule has 0 bridgehead atoms. The zero-order valence-corrected chi connectivity index (χ0v) is 17.9. The van der Waals surface area contributed by atoms with Crippen molar-refractivity contribution in [2.75, 3.05) is 32.7 Å². The van der Waals surface area contributed by atoms with Gasteiger partial charge in [0.25, 0.3) is 0 Å². The molecule has 0 unspecified atom stereocenters. The van der Waals surface area contributed by atoms with Crippen LogP contribution in [-0.4, -0.2) is 59.4 Å². The number of benzene rings is 1. The lowest BCUT2D eigenvalue weighted by Crippen LogP contribution is -2.54. The first-order valence-electron chi connectivity index (χ1n) is 9.52. The summed E-state index contributed by atoms with van der Waals surface area (Å²) in [5.41, 5.74) is 0.952. The topological polar surface area (TPSA) is 60.8 Å². The number of nitrogens with zero attached hydrogens (tertiary/aromatic N) is 4. The normalized spacial score (nSPS) is 15.0. The Kier molecular flexibility index (Phi) is 7.28. The number of piperazine rings is 1. The molecule has 1 fully saturated rings. The molecule has 1 saturated heterocycles. The number of rotatable bonds is 5. The predicted molar refractivity (Wildman–Crippen MR) is 115 cm³/mol. The number of carbonyl (C=O) groups is 1. The van der Waals surface area contributed by atoms with Gasteiger partial charge in [-0.25, -0.2) is 9.98 Å². The Morgan fingerprint density at radius 2 is 2.04 bits per heavy atom. The summed E-state index contributed by atoms with van der Waals surface area (Å²) in [4.78, 5) is 27.0. The SMILES string of the molecule is CCNC(=NCc1ncc(C)s1)N1CCN(C(=O)Cc2cccc(Cl)c2)CC1. The minimum atomic E-state index is 0.141. The Bertz CT molecular complexity index is 830. The second kappa shape index (κ2) is 9.89. The Morgan fingerprint density at radius 3 is 2.68 bits per heavy atom. The fourth-order valence-corrected chi connectivity index (χ4v) is 4.07. The summed E-state index contributed by atoms with van der Waals surface area (Å²) >= 11 is 7.69. The number of aromatic nitrogens is 1. The minimum Gasteiger partial charge on any atom is -0.357 e. The molecule has 1 amide bonds. The molecule has 2 heterocycles. The number of guanidine groups is 1. The predicted octanol–water partition coefficient (Wildman–Crippen LogP) is 2.96. The molecule has 0 saturated carbocycles. The lowest BCUT2D eigenvalue weighted by Gasteiger charge is -2.36. The van der Waals surface area contributed by atoms with Gasteiger partial charge < -0.3 is 15.1 Å². The van der Waals surface area contributed by atoms with E-state index in [1.165, 1.54) is 4.88 Å². The lowest BCUT2D eigenvalue weighted by atomic mass is 10.1. The molecule has 0 atom stereocenters. The van der Waals surface area contributed by atoms with Gasteiger partial charge in [0.1, 0.15) is 5.01 Å². The van der Waals surface area contributed by atoms with Crippen molar-refractivity contribution >= 4 is 34.8 Å². The number of amides is 1. The molecule has 150 valence electrons. The Balaban J connectivity index is 1.55. The van der Waals surface area contributed by atoms with Crippen LogP contribution in [0, 0.1) is 6.92 Å². The highest BCUT2D eigenvalue weighted by atomic mass is 35.5. The van der Waals surface area contributed by atoms with Crippen LogP contribution in [0.25, 0.3) is 0 Å². The number of hydrogen-bond acceptors (Lipinski definition) is 4. The van der Waals surface area contributed by atoms with Crippen molar-refractivity contribution in [1.82, 2.24) is 20.1 Å². The fraction of sp³-hybridized carbons (Fsp3) is 0.450. The third-order valence-electron chi connectivity index (χ3n) is 4.54. The van der Waals surface area contributed by atoms with E-state index in [1.54, 1.807) is 11.3 Å². The van der Waals surface area contributed by atoms with E-state index in [-0.39, 0.29) is 5.91 Å². The summed E-state index contributed by atoms with van der Waals surface area (Å²) < 4.78 is 0. The van der Waals surface area contributed by atoms with Gasteiger partial charge >= 0.3 is 0 Å². The van der Waals surface area contributed by atoms with E-state index in [2.05, 4.69) is 29.0 Å². The average Bonchev–Trinajstić information content (AvgIpc) is 3.10. The van der Waals surface area contributed by atoms with Gasteiger partial charge in [-0.2, -0.15) is 0 Å². The van der Waals surface area contributed by atoms with E-state index >= 15 is 0 Å². The smallest absolute Gasteiger partial charge is 0.227 e. The summed E-state index contributed by atoms with van der Waals surface area (Å²) in [6.45, 7) is 8.43. The number of thiazole rings is 1. The summed E-state index contributed by atoms with van der Waals surface area (Å²) in [5.74, 6) is 1.03. The Hall–Kier alpha value is -2.12. The number of hydrogen-bond donors (Lipinski definition) is 1. The molecule has 1 aliphatic rings. The number of aliphatic imine (C=N–C) groups is 1. The molecular formula is C20H26ClN5OS. The number of nitrogens with one attached hydrogen (secondary N) is 1. The first-order chi connectivity index (χ1) is 13.5. The number of aryl methyl sites for hydroxylation is 1. The molecule has 0 radical (unpaired) electrons. The number of halogens is 1. The van der Waals surface area contributed by atoms with Crippen LogP contribution >= 0.6 is 22.9 Å². The maximum Gasteiger partial charge on any atom is 0.227 e. The van der Waals surface area contributed by atoms with Gasteiger partial charge in [-0.05, 0) is 31.5 Å². The third kappa shape index (κ3) is 5.69. The van der Waals surface area contributed by atoms with E-state index in [0.717, 1.165) is 36.2 Å². The van der Waals surface area contributed by atoms with Crippen molar-refractivity contribution < 1.29 is 4.79 Å². The zero-order chi connectivity index (χ0) is 19.9. The van der Waals surface area contributed by atoms with E-state index in [9.17, 15) is 4.79 Å². The van der Waals surface area contributed by atoms with Crippen LogP contribution in [0.2, 0.25) is 5.02 Å². The molecular weight excluding hydrogens is 394 g/mol. The van der Waals surface area contributed by atoms with Crippen LogP contribution in [0.1, 0.15) is 22.4 Å². The van der Waals surface area contributed by atoms with Crippen molar-refractivity contribution in [2.24, 2.45) is 4.99 Å². The molecule has 0 aliphatic carbocycles. The second-order valence-corrected chi connectivity index (χ2v) is 8.47. The second-order valence-electron chi connectivity index (χ2n) is 6.71. The summed E-state index contributed by atoms with van der Waals surface area (Å²) in [7, 11) is 0. The molecule has 1 aromatic heterocycles. The van der Waals surface area contributed by atoms with Crippen LogP contribution in [0.3, 0.4) is 0 Å². The van der Waals surface area contributed by atoms with Gasteiger partial charge in [-0.1, -0.05) is 23.7 Å². The molecule has 1 N–H and O–H groups in total. The number of carbonyl (C=O) groups excluding carboxylic acids is 1. The zero-order valence-electron chi connectivity index (χ0n) is 16.3. The lowest BCUT2D eigenvalue weighted by molar-refractivity contribution is -0.131. The van der Waals surface area contributed by atoms with Crippen LogP contribution in [0.4, 0.5) is 0 Å². The maximum absolute atomic E-state index is 12.6. The first-order valence-corrected chi connectivity index (χ1v) is 10.7. The molecule has 1 aromatic carbocycles. The summed E-state index contributed by atoms with van der Waals surface area (Å²) in [6, 6.07) is 7.50. The van der Waals surface area contributed by atoms with Gasteiger partial charge in [0.05, 0.1) is 13.0 Å². The fourth-order valence-electron chi connectivity index (χ4n) is 3.14. The molecule has 0 spiro atoms. The molecule has 28 heavy (non-hydrogen) atoms. The first kappa shape index (κ1) is 20.6. The standard InChI is InChI=1S/C20H26ClN5OS/c1-3-22-20(24-14-18-23-13-15(2)28-18)26-9-7-25(8-10-26)19(27)12-16-5-4-6-17(21)11-16/h4-6,11,13H,3,7-10,12,14H2,1-2H3,(H,22,24). The highest BCUT2D eigenvalue weighted by molar-refractivity contribution is 7.11. The van der Waals surface area contributed by atoms with Crippen molar-refractivity contribution in [2.45, 2.75) is 26.8 Å². The van der Waals surface area contributed by atoms with E-state index in [4.69, 9.17) is 16.6 Å². The van der Waals surface area contributed by atoms with Gasteiger partial charge in [0, 0.05) is 48.8 Å². The monoisotopic (exact) mass is 419 g/mol. The van der Waals surface area contributed by atoms with Crippen LogP contribution in [0.15, 0.2) is 35.5 Å². The highest BCUT2D eigenvalue weighted by Gasteiger charge is 2.23. The largest absolute Gasteiger partial charge is 0.357 e. The highest BCUT2D eigenvalue weighted by Crippen LogP contribution is 2.14. The van der Waals surface area contributed by atoms with Crippen LogP contribution < -0.4 is 5.32 Å². The van der Waals surface area contributed by atoms with Crippen molar-refractivity contribution in [3.63, 3.8) is 0 Å². The van der Waals surface area contributed by atoms with Gasteiger partial charge in [-0.3, -0.25) is 4.79 Å². The van der Waals surface area contributed by atoms with Crippen molar-refractivity contribution in [3.8, 4) is 0 Å². The average molecular weight is 420 g/mol. The quantitative estimate of drug-likeness (QED) is 0.598. The molecule has 3 rings (SSSR count). The van der Waals surface area contributed by atoms with Crippen LogP contribution in [0.5, 0.6) is 0 Å². The Labute approximate surface area is 175 Å². The molecule has 1 aliphatic heterocycles. The minimum absolute atomic E-state index is 0.141. The summed E-state index contributed by atoms with van der Waals surface area (Å²) in [6.07, 6.45) is 2.27. The Morgan fingerprint density at radius 1 is 1.29 bits per heavy atom.